The van der Waals surface area contributed by atoms with E-state index >= 15 is 0 Å². The lowest BCUT2D eigenvalue weighted by Gasteiger charge is -1.96. The van der Waals surface area contributed by atoms with Crippen LogP contribution in [0.1, 0.15) is 41.7 Å². The van der Waals surface area contributed by atoms with E-state index in [-0.39, 0.29) is 5.97 Å². The van der Waals surface area contributed by atoms with Crippen LogP contribution in [0.25, 0.3) is 6.08 Å². The summed E-state index contributed by atoms with van der Waals surface area (Å²) in [7, 11) is 0. The minimum Gasteiger partial charge on any atom is -0.463 e. The molecule has 0 amide bonds. The van der Waals surface area contributed by atoms with Gasteiger partial charge in [0, 0.05) is 15.8 Å². The van der Waals surface area contributed by atoms with E-state index in [1.165, 1.54) is 27.0 Å². The number of hydrogen-bond acceptors (Lipinski definition) is 3. The zero-order valence-corrected chi connectivity index (χ0v) is 15.7. The molecule has 0 N–H and O–H groups in total. The van der Waals surface area contributed by atoms with Crippen LogP contribution in [0.5, 0.6) is 0 Å². The van der Waals surface area contributed by atoms with E-state index in [9.17, 15) is 4.79 Å². The van der Waals surface area contributed by atoms with Crippen LogP contribution in [-0.4, -0.2) is 12.6 Å². The van der Waals surface area contributed by atoms with Crippen molar-refractivity contribution in [1.82, 2.24) is 0 Å². The highest BCUT2D eigenvalue weighted by Crippen LogP contribution is 2.27. The van der Waals surface area contributed by atoms with E-state index in [0.717, 1.165) is 11.1 Å². The summed E-state index contributed by atoms with van der Waals surface area (Å²) in [4.78, 5) is 14.0. The van der Waals surface area contributed by atoms with E-state index in [0.29, 0.717) is 6.61 Å². The summed E-state index contributed by atoms with van der Waals surface area (Å²) in [6, 6.07) is 0. The molecular formula is C20H26O2S. The van der Waals surface area contributed by atoms with Crippen molar-refractivity contribution in [3.63, 3.8) is 0 Å². The number of ether oxygens (including phenoxy) is 1. The van der Waals surface area contributed by atoms with Crippen molar-refractivity contribution >= 4 is 23.4 Å². The molecule has 0 aliphatic heterocycles. The van der Waals surface area contributed by atoms with Gasteiger partial charge in [-0.25, -0.2) is 4.79 Å². The summed E-state index contributed by atoms with van der Waals surface area (Å²) < 4.78 is 4.88. The van der Waals surface area contributed by atoms with Gasteiger partial charge in [-0.1, -0.05) is 29.9 Å². The summed E-state index contributed by atoms with van der Waals surface area (Å²) in [5.41, 5.74) is 4.78. The molecule has 0 spiro atoms. The first kappa shape index (κ1) is 19.2. The highest BCUT2D eigenvalue weighted by Gasteiger charge is 2.04. The van der Waals surface area contributed by atoms with E-state index in [1.54, 1.807) is 6.92 Å². The molecule has 1 rings (SSSR count). The molecule has 0 aromatic carbocycles. The van der Waals surface area contributed by atoms with Crippen molar-refractivity contribution in [2.75, 3.05) is 6.61 Å². The fourth-order valence-electron chi connectivity index (χ4n) is 1.96. The summed E-state index contributed by atoms with van der Waals surface area (Å²) in [6.45, 7) is 12.6. The molecule has 0 aliphatic carbocycles. The SMILES string of the molecule is CCOC(=O)/C=C(C)/C=C/C=C(\C)C=Cc1sc(C)c(C)c1C. The van der Waals surface area contributed by atoms with Gasteiger partial charge in [0.1, 0.15) is 0 Å². The molecule has 0 fully saturated rings. The van der Waals surface area contributed by atoms with Crippen LogP contribution in [0.3, 0.4) is 0 Å². The quantitative estimate of drug-likeness (QED) is 0.380. The summed E-state index contributed by atoms with van der Waals surface area (Å²) in [5.74, 6) is -0.297. The van der Waals surface area contributed by atoms with Crippen molar-refractivity contribution in [2.45, 2.75) is 41.5 Å². The number of rotatable bonds is 6. The number of hydrogen-bond donors (Lipinski definition) is 0. The van der Waals surface area contributed by atoms with Crippen LogP contribution in [0, 0.1) is 20.8 Å². The second-order valence-electron chi connectivity index (χ2n) is 5.52. The van der Waals surface area contributed by atoms with Gasteiger partial charge in [-0.2, -0.15) is 0 Å². The largest absolute Gasteiger partial charge is 0.463 e. The lowest BCUT2D eigenvalue weighted by molar-refractivity contribution is -0.137. The van der Waals surface area contributed by atoms with E-state index in [4.69, 9.17) is 4.74 Å². The molecule has 1 aromatic heterocycles. The topological polar surface area (TPSA) is 26.3 Å². The van der Waals surface area contributed by atoms with Gasteiger partial charge in [-0.3, -0.25) is 0 Å². The molecule has 0 radical (unpaired) electrons. The molecule has 1 heterocycles. The third kappa shape index (κ3) is 6.41. The van der Waals surface area contributed by atoms with Gasteiger partial charge in [-0.15, -0.1) is 11.3 Å². The third-order valence-electron chi connectivity index (χ3n) is 3.57. The second-order valence-corrected chi connectivity index (χ2v) is 6.77. The van der Waals surface area contributed by atoms with Crippen LogP contribution < -0.4 is 0 Å². The number of esters is 1. The average Bonchev–Trinajstić information content (AvgIpc) is 2.72. The highest BCUT2D eigenvalue weighted by molar-refractivity contribution is 7.13. The summed E-state index contributed by atoms with van der Waals surface area (Å²) in [5, 5.41) is 0. The highest BCUT2D eigenvalue weighted by atomic mass is 32.1. The van der Waals surface area contributed by atoms with Gasteiger partial charge in [0.15, 0.2) is 0 Å². The van der Waals surface area contributed by atoms with Crippen molar-refractivity contribution in [3.8, 4) is 0 Å². The molecule has 23 heavy (non-hydrogen) atoms. The fraction of sp³-hybridized carbons (Fsp3) is 0.350. The monoisotopic (exact) mass is 330 g/mol. The van der Waals surface area contributed by atoms with Crippen molar-refractivity contribution < 1.29 is 9.53 Å². The normalized spacial score (nSPS) is 13.3. The summed E-state index contributed by atoms with van der Waals surface area (Å²) >= 11 is 1.83. The van der Waals surface area contributed by atoms with Crippen molar-refractivity contribution in [1.29, 1.82) is 0 Å². The average molecular weight is 330 g/mol. The Morgan fingerprint density at radius 2 is 1.78 bits per heavy atom. The Morgan fingerprint density at radius 1 is 1.09 bits per heavy atom. The van der Waals surface area contributed by atoms with E-state index in [1.807, 2.05) is 36.5 Å². The minimum atomic E-state index is -0.297. The number of carbonyl (C=O) groups is 1. The zero-order valence-electron chi connectivity index (χ0n) is 14.9. The predicted octanol–water partition coefficient (Wildman–Crippen LogP) is 5.70. The molecular weight excluding hydrogens is 304 g/mol. The molecule has 1 aromatic rings. The Morgan fingerprint density at radius 3 is 2.35 bits per heavy atom. The Hall–Kier alpha value is -1.87. The smallest absolute Gasteiger partial charge is 0.330 e. The Kier molecular flexibility index (Phi) is 7.76. The lowest BCUT2D eigenvalue weighted by atomic mass is 10.1. The van der Waals surface area contributed by atoms with Gasteiger partial charge in [0.2, 0.25) is 0 Å². The Labute approximate surface area is 143 Å². The van der Waals surface area contributed by atoms with Crippen LogP contribution >= 0.6 is 11.3 Å². The van der Waals surface area contributed by atoms with E-state index in [2.05, 4.69) is 39.8 Å². The first-order chi connectivity index (χ1) is 10.8. The molecule has 0 atom stereocenters. The molecule has 0 aliphatic rings. The molecule has 3 heteroatoms. The molecule has 0 bridgehead atoms. The first-order valence-corrected chi connectivity index (χ1v) is 8.61. The minimum absolute atomic E-state index is 0.297. The number of aryl methyl sites for hydroxylation is 1. The fourth-order valence-corrected chi connectivity index (χ4v) is 3.04. The van der Waals surface area contributed by atoms with Gasteiger partial charge in [0.05, 0.1) is 6.61 Å². The van der Waals surface area contributed by atoms with E-state index < -0.39 is 0 Å². The van der Waals surface area contributed by atoms with Crippen LogP contribution in [-0.2, 0) is 9.53 Å². The number of allylic oxidation sites excluding steroid dienone is 6. The van der Waals surface area contributed by atoms with Crippen molar-refractivity contribution in [3.05, 3.63) is 62.4 Å². The van der Waals surface area contributed by atoms with Crippen LogP contribution in [0.4, 0.5) is 0 Å². The standard InChI is InChI=1S/C20H26O2S/c1-7-22-20(21)13-15(3)10-8-9-14(2)11-12-19-17(5)16(4)18(6)23-19/h8-13H,7H2,1-6H3/b10-8+,12-11?,14-9+,15-13+. The zero-order chi connectivity index (χ0) is 17.4. The number of carbonyl (C=O) groups excluding carboxylic acids is 1. The molecule has 0 unspecified atom stereocenters. The van der Waals surface area contributed by atoms with Gasteiger partial charge < -0.3 is 4.74 Å². The van der Waals surface area contributed by atoms with Crippen molar-refractivity contribution in [2.24, 2.45) is 0 Å². The maximum atomic E-state index is 11.3. The lowest BCUT2D eigenvalue weighted by Crippen LogP contribution is -1.99. The van der Waals surface area contributed by atoms with Gasteiger partial charge in [-0.05, 0) is 64.3 Å². The van der Waals surface area contributed by atoms with Crippen LogP contribution in [0.15, 0.2) is 41.5 Å². The molecule has 2 nitrogen and oxygen atoms in total. The van der Waals surface area contributed by atoms with Crippen LogP contribution in [0.2, 0.25) is 0 Å². The molecule has 0 saturated carbocycles. The Balaban J connectivity index is 2.70. The first-order valence-electron chi connectivity index (χ1n) is 7.79. The van der Waals surface area contributed by atoms with Gasteiger partial charge in [0.25, 0.3) is 0 Å². The predicted molar refractivity (Wildman–Crippen MR) is 101 cm³/mol. The molecule has 0 saturated heterocycles. The maximum absolute atomic E-state index is 11.3. The maximum Gasteiger partial charge on any atom is 0.330 e. The molecule has 124 valence electrons. The Bertz CT molecular complexity index is 670. The van der Waals surface area contributed by atoms with Gasteiger partial charge >= 0.3 is 5.97 Å². The summed E-state index contributed by atoms with van der Waals surface area (Å²) in [6.07, 6.45) is 11.7. The number of thiophene rings is 1. The second kappa shape index (κ2) is 9.31. The third-order valence-corrected chi connectivity index (χ3v) is 4.85.